The fourth-order valence-electron chi connectivity index (χ4n) is 1.40. The van der Waals surface area contributed by atoms with E-state index in [1.807, 2.05) is 13.8 Å². The molecule has 1 rings (SSSR count). The Kier molecular flexibility index (Phi) is 4.67. The smallest absolute Gasteiger partial charge is 0.244 e. The molecule has 98 valence electrons. The molecule has 6 nitrogen and oxygen atoms in total. The summed E-state index contributed by atoms with van der Waals surface area (Å²) in [5.74, 6) is 0.273. The Morgan fingerprint density at radius 1 is 1.53 bits per heavy atom. The number of aromatic amines is 1. The molecule has 0 spiro atoms. The fourth-order valence-corrected chi connectivity index (χ4v) is 2.92. The normalized spacial score (nSPS) is 13.9. The standard InChI is InChI=1S/C10H19N3O3S/c1-4-7(2)5-11-17(15,16)10-8(3)12-13-9(10)6-14/h7,11,14H,4-6H2,1-3H3,(H,12,13). The SMILES string of the molecule is CCC(C)CNS(=O)(=O)c1c(CO)n[nH]c1C. The van der Waals surface area contributed by atoms with E-state index in [0.29, 0.717) is 12.2 Å². The summed E-state index contributed by atoms with van der Waals surface area (Å²) in [5.41, 5.74) is 0.588. The van der Waals surface area contributed by atoms with Crippen molar-refractivity contribution < 1.29 is 13.5 Å². The zero-order chi connectivity index (χ0) is 13.1. The van der Waals surface area contributed by atoms with Crippen LogP contribution in [0.3, 0.4) is 0 Å². The van der Waals surface area contributed by atoms with E-state index in [1.165, 1.54) is 0 Å². The molecule has 1 heterocycles. The number of nitrogens with zero attached hydrogens (tertiary/aromatic N) is 1. The van der Waals surface area contributed by atoms with Crippen LogP contribution in [0.2, 0.25) is 0 Å². The van der Waals surface area contributed by atoms with Crippen molar-refractivity contribution in [3.8, 4) is 0 Å². The van der Waals surface area contributed by atoms with Gasteiger partial charge < -0.3 is 5.11 Å². The lowest BCUT2D eigenvalue weighted by atomic mass is 10.1. The van der Waals surface area contributed by atoms with Crippen molar-refractivity contribution >= 4 is 10.0 Å². The number of sulfonamides is 1. The molecule has 0 saturated carbocycles. The van der Waals surface area contributed by atoms with Gasteiger partial charge in [0.1, 0.15) is 10.6 Å². The molecule has 1 unspecified atom stereocenters. The molecule has 3 N–H and O–H groups in total. The topological polar surface area (TPSA) is 95.1 Å². The summed E-state index contributed by atoms with van der Waals surface area (Å²) in [7, 11) is -3.60. The molecular weight excluding hydrogens is 242 g/mol. The maximum absolute atomic E-state index is 12.0. The fraction of sp³-hybridized carbons (Fsp3) is 0.700. The number of aliphatic hydroxyl groups is 1. The second-order valence-corrected chi connectivity index (χ2v) is 5.85. The molecule has 0 aliphatic carbocycles. The van der Waals surface area contributed by atoms with Crippen LogP contribution in [-0.4, -0.2) is 30.3 Å². The first kappa shape index (κ1) is 14.1. The highest BCUT2D eigenvalue weighted by molar-refractivity contribution is 7.89. The van der Waals surface area contributed by atoms with Crippen LogP contribution in [0.5, 0.6) is 0 Å². The minimum Gasteiger partial charge on any atom is -0.390 e. The Balaban J connectivity index is 2.93. The summed E-state index contributed by atoms with van der Waals surface area (Å²) in [5, 5.41) is 15.4. The highest BCUT2D eigenvalue weighted by atomic mass is 32.2. The van der Waals surface area contributed by atoms with E-state index in [4.69, 9.17) is 5.11 Å². The van der Waals surface area contributed by atoms with Crippen molar-refractivity contribution in [3.63, 3.8) is 0 Å². The van der Waals surface area contributed by atoms with E-state index in [0.717, 1.165) is 6.42 Å². The lowest BCUT2D eigenvalue weighted by molar-refractivity contribution is 0.273. The maximum Gasteiger partial charge on any atom is 0.244 e. The Bertz CT molecular complexity index is 467. The van der Waals surface area contributed by atoms with E-state index in [1.54, 1.807) is 6.92 Å². The molecule has 0 bridgehead atoms. The van der Waals surface area contributed by atoms with Crippen molar-refractivity contribution in [2.24, 2.45) is 5.92 Å². The molecule has 17 heavy (non-hydrogen) atoms. The van der Waals surface area contributed by atoms with Gasteiger partial charge in [-0.2, -0.15) is 5.10 Å². The van der Waals surface area contributed by atoms with E-state index in [-0.39, 0.29) is 16.5 Å². The van der Waals surface area contributed by atoms with Gasteiger partial charge >= 0.3 is 0 Å². The molecule has 0 fully saturated rings. The van der Waals surface area contributed by atoms with Crippen LogP contribution in [0.4, 0.5) is 0 Å². The van der Waals surface area contributed by atoms with Crippen LogP contribution in [0, 0.1) is 12.8 Å². The monoisotopic (exact) mass is 261 g/mol. The zero-order valence-corrected chi connectivity index (χ0v) is 11.1. The Hall–Kier alpha value is -0.920. The summed E-state index contributed by atoms with van der Waals surface area (Å²) in [6, 6.07) is 0. The van der Waals surface area contributed by atoms with E-state index in [2.05, 4.69) is 14.9 Å². The van der Waals surface area contributed by atoms with Crippen LogP contribution >= 0.6 is 0 Å². The maximum atomic E-state index is 12.0. The van der Waals surface area contributed by atoms with Gasteiger partial charge in [-0.15, -0.1) is 0 Å². The van der Waals surface area contributed by atoms with Gasteiger partial charge in [-0.3, -0.25) is 5.10 Å². The van der Waals surface area contributed by atoms with Gasteiger partial charge in [0.05, 0.1) is 12.3 Å². The molecule has 0 radical (unpaired) electrons. The van der Waals surface area contributed by atoms with Gasteiger partial charge in [0.25, 0.3) is 0 Å². The predicted molar refractivity (Wildman–Crippen MR) is 63.9 cm³/mol. The first-order valence-electron chi connectivity index (χ1n) is 5.56. The Morgan fingerprint density at radius 2 is 2.18 bits per heavy atom. The van der Waals surface area contributed by atoms with E-state index >= 15 is 0 Å². The van der Waals surface area contributed by atoms with Crippen LogP contribution < -0.4 is 4.72 Å². The van der Waals surface area contributed by atoms with Crippen molar-refractivity contribution in [1.29, 1.82) is 0 Å². The number of aromatic nitrogens is 2. The van der Waals surface area contributed by atoms with Gasteiger partial charge in [0.15, 0.2) is 0 Å². The summed E-state index contributed by atoms with van der Waals surface area (Å²) in [4.78, 5) is 0.0586. The molecule has 0 aliphatic heterocycles. The van der Waals surface area contributed by atoms with Crippen molar-refractivity contribution in [1.82, 2.24) is 14.9 Å². The highest BCUT2D eigenvalue weighted by Gasteiger charge is 2.23. The summed E-state index contributed by atoms with van der Waals surface area (Å²) in [6.45, 7) is 5.57. The van der Waals surface area contributed by atoms with Crippen LogP contribution in [-0.2, 0) is 16.6 Å². The minimum atomic E-state index is -3.60. The predicted octanol–water partition coefficient (Wildman–Crippen LogP) is 0.535. The average molecular weight is 261 g/mol. The Labute approximate surface area is 101 Å². The van der Waals surface area contributed by atoms with Crippen molar-refractivity contribution in [3.05, 3.63) is 11.4 Å². The van der Waals surface area contributed by atoms with Crippen molar-refractivity contribution in [2.45, 2.75) is 38.7 Å². The molecule has 7 heteroatoms. The highest BCUT2D eigenvalue weighted by Crippen LogP contribution is 2.17. The largest absolute Gasteiger partial charge is 0.390 e. The van der Waals surface area contributed by atoms with Gasteiger partial charge in [-0.05, 0) is 12.8 Å². The third-order valence-electron chi connectivity index (χ3n) is 2.70. The van der Waals surface area contributed by atoms with E-state index < -0.39 is 16.6 Å². The number of rotatable bonds is 6. The molecule has 0 aromatic carbocycles. The number of aliphatic hydroxyl groups excluding tert-OH is 1. The number of aryl methyl sites for hydroxylation is 1. The number of hydrogen-bond donors (Lipinski definition) is 3. The molecule has 0 aliphatic rings. The van der Waals surface area contributed by atoms with Gasteiger partial charge in [-0.1, -0.05) is 20.3 Å². The third-order valence-corrected chi connectivity index (χ3v) is 4.32. The second kappa shape index (κ2) is 5.61. The molecule has 1 aromatic rings. The first-order chi connectivity index (χ1) is 7.92. The minimum absolute atomic E-state index is 0.0586. The van der Waals surface area contributed by atoms with E-state index in [9.17, 15) is 8.42 Å². The summed E-state index contributed by atoms with van der Waals surface area (Å²) >= 11 is 0. The first-order valence-corrected chi connectivity index (χ1v) is 7.05. The van der Waals surface area contributed by atoms with Crippen LogP contribution in [0.15, 0.2) is 4.90 Å². The van der Waals surface area contributed by atoms with Crippen LogP contribution in [0.1, 0.15) is 31.7 Å². The zero-order valence-electron chi connectivity index (χ0n) is 10.3. The number of H-pyrrole nitrogens is 1. The molecule has 0 amide bonds. The Morgan fingerprint density at radius 3 is 2.71 bits per heavy atom. The second-order valence-electron chi connectivity index (χ2n) is 4.15. The number of nitrogens with one attached hydrogen (secondary N) is 2. The molecular formula is C10H19N3O3S. The molecule has 0 saturated heterocycles. The lowest BCUT2D eigenvalue weighted by Gasteiger charge is -2.11. The van der Waals surface area contributed by atoms with Gasteiger partial charge in [-0.25, -0.2) is 13.1 Å². The van der Waals surface area contributed by atoms with Crippen molar-refractivity contribution in [2.75, 3.05) is 6.54 Å². The van der Waals surface area contributed by atoms with Crippen LogP contribution in [0.25, 0.3) is 0 Å². The summed E-state index contributed by atoms with van der Waals surface area (Å²) in [6.07, 6.45) is 0.903. The summed E-state index contributed by atoms with van der Waals surface area (Å²) < 4.78 is 26.6. The third kappa shape index (κ3) is 3.27. The van der Waals surface area contributed by atoms with Gasteiger partial charge in [0.2, 0.25) is 10.0 Å². The lowest BCUT2D eigenvalue weighted by Crippen LogP contribution is -2.29. The molecule has 1 aromatic heterocycles. The number of hydrogen-bond acceptors (Lipinski definition) is 4. The molecule has 1 atom stereocenters. The quantitative estimate of drug-likeness (QED) is 0.696. The average Bonchev–Trinajstić information content (AvgIpc) is 2.68. The van der Waals surface area contributed by atoms with Gasteiger partial charge in [0, 0.05) is 6.54 Å².